The minimum absolute atomic E-state index is 0.673. The molecule has 0 saturated heterocycles. The predicted octanol–water partition coefficient (Wildman–Crippen LogP) is 2.48. The lowest BCUT2D eigenvalue weighted by Crippen LogP contribution is -1.96. The number of pyridine rings is 1. The SMILES string of the molecule is CCc1cc(Sc2ccncc2N)nc(C)n1. The van der Waals surface area contributed by atoms with Gasteiger partial charge in [0.1, 0.15) is 10.9 Å². The van der Waals surface area contributed by atoms with Crippen LogP contribution in [-0.4, -0.2) is 15.0 Å². The van der Waals surface area contributed by atoms with Gasteiger partial charge in [0.05, 0.1) is 11.9 Å². The summed E-state index contributed by atoms with van der Waals surface area (Å²) >= 11 is 1.54. The van der Waals surface area contributed by atoms with Crippen LogP contribution in [0.4, 0.5) is 5.69 Å². The molecule has 0 saturated carbocycles. The maximum absolute atomic E-state index is 5.85. The highest BCUT2D eigenvalue weighted by Gasteiger charge is 2.05. The molecule has 0 atom stereocenters. The fourth-order valence-electron chi connectivity index (χ4n) is 1.43. The van der Waals surface area contributed by atoms with Crippen molar-refractivity contribution in [2.24, 2.45) is 0 Å². The van der Waals surface area contributed by atoms with Gasteiger partial charge in [-0.1, -0.05) is 18.7 Å². The van der Waals surface area contributed by atoms with Crippen LogP contribution in [0.2, 0.25) is 0 Å². The summed E-state index contributed by atoms with van der Waals surface area (Å²) in [6, 6.07) is 3.89. The summed E-state index contributed by atoms with van der Waals surface area (Å²) in [6.45, 7) is 3.98. The maximum Gasteiger partial charge on any atom is 0.126 e. The van der Waals surface area contributed by atoms with Crippen LogP contribution < -0.4 is 5.73 Å². The Morgan fingerprint density at radius 1 is 1.35 bits per heavy atom. The normalized spacial score (nSPS) is 10.5. The monoisotopic (exact) mass is 246 g/mol. The topological polar surface area (TPSA) is 64.7 Å². The molecule has 0 amide bonds. The maximum atomic E-state index is 5.85. The zero-order chi connectivity index (χ0) is 12.3. The predicted molar refractivity (Wildman–Crippen MR) is 68.9 cm³/mol. The molecule has 2 aromatic heterocycles. The number of hydrogen-bond donors (Lipinski definition) is 1. The molecule has 0 bridgehead atoms. The van der Waals surface area contributed by atoms with Gasteiger partial charge in [0.25, 0.3) is 0 Å². The molecule has 0 aliphatic carbocycles. The van der Waals surface area contributed by atoms with Crippen LogP contribution in [-0.2, 0) is 6.42 Å². The molecular formula is C12H14N4S. The molecule has 5 heteroatoms. The molecule has 2 rings (SSSR count). The van der Waals surface area contributed by atoms with E-state index in [0.717, 1.165) is 27.9 Å². The van der Waals surface area contributed by atoms with Crippen LogP contribution in [0.5, 0.6) is 0 Å². The Kier molecular flexibility index (Phi) is 3.58. The second-order valence-electron chi connectivity index (χ2n) is 3.61. The first-order valence-electron chi connectivity index (χ1n) is 5.41. The Morgan fingerprint density at radius 2 is 2.18 bits per heavy atom. The Balaban J connectivity index is 2.30. The summed E-state index contributed by atoms with van der Waals surface area (Å²) in [5.74, 6) is 0.791. The van der Waals surface area contributed by atoms with E-state index in [1.54, 1.807) is 24.2 Å². The number of aromatic nitrogens is 3. The molecule has 0 aliphatic heterocycles. The van der Waals surface area contributed by atoms with E-state index in [0.29, 0.717) is 5.69 Å². The number of nitrogens with two attached hydrogens (primary N) is 1. The second kappa shape index (κ2) is 5.14. The molecule has 17 heavy (non-hydrogen) atoms. The first-order chi connectivity index (χ1) is 8.19. The smallest absolute Gasteiger partial charge is 0.126 e. The van der Waals surface area contributed by atoms with Crippen molar-refractivity contribution in [2.75, 3.05) is 5.73 Å². The van der Waals surface area contributed by atoms with Gasteiger partial charge in [-0.3, -0.25) is 4.98 Å². The number of hydrogen-bond acceptors (Lipinski definition) is 5. The van der Waals surface area contributed by atoms with Crippen LogP contribution in [0.15, 0.2) is 34.4 Å². The molecule has 0 aromatic carbocycles. The summed E-state index contributed by atoms with van der Waals surface area (Å²) < 4.78 is 0. The number of nitrogen functional groups attached to an aromatic ring is 1. The van der Waals surface area contributed by atoms with Gasteiger partial charge in [-0.2, -0.15) is 0 Å². The minimum atomic E-state index is 0.673. The second-order valence-corrected chi connectivity index (χ2v) is 4.68. The fraction of sp³-hybridized carbons (Fsp3) is 0.250. The number of aryl methyl sites for hydroxylation is 2. The third-order valence-corrected chi connectivity index (χ3v) is 3.26. The van der Waals surface area contributed by atoms with E-state index in [-0.39, 0.29) is 0 Å². The molecule has 88 valence electrons. The van der Waals surface area contributed by atoms with Crippen LogP contribution in [0.25, 0.3) is 0 Å². The largest absolute Gasteiger partial charge is 0.397 e. The Labute approximate surface area is 105 Å². The molecular weight excluding hydrogens is 232 g/mol. The van der Waals surface area contributed by atoms with Gasteiger partial charge in [0.15, 0.2) is 0 Å². The Bertz CT molecular complexity index is 528. The van der Waals surface area contributed by atoms with Gasteiger partial charge < -0.3 is 5.73 Å². The van der Waals surface area contributed by atoms with Gasteiger partial charge in [0.2, 0.25) is 0 Å². The standard InChI is InChI=1S/C12H14N4S/c1-3-9-6-12(16-8(2)15-9)17-11-4-5-14-7-10(11)13/h4-7H,3,13H2,1-2H3. The van der Waals surface area contributed by atoms with E-state index in [9.17, 15) is 0 Å². The fourth-order valence-corrected chi connectivity index (χ4v) is 2.33. The van der Waals surface area contributed by atoms with Crippen molar-refractivity contribution < 1.29 is 0 Å². The first-order valence-corrected chi connectivity index (χ1v) is 6.22. The number of rotatable bonds is 3. The van der Waals surface area contributed by atoms with E-state index in [1.807, 2.05) is 19.1 Å². The molecule has 0 spiro atoms. The van der Waals surface area contributed by atoms with Crippen LogP contribution >= 0.6 is 11.8 Å². The molecule has 0 fully saturated rings. The summed E-state index contributed by atoms with van der Waals surface area (Å²) in [6.07, 6.45) is 4.29. The van der Waals surface area contributed by atoms with Crippen LogP contribution in [0.1, 0.15) is 18.4 Å². The Hall–Kier alpha value is -1.62. The molecule has 0 aliphatic rings. The van der Waals surface area contributed by atoms with E-state index < -0.39 is 0 Å². The van der Waals surface area contributed by atoms with Crippen molar-refractivity contribution in [1.82, 2.24) is 15.0 Å². The highest BCUT2D eigenvalue weighted by molar-refractivity contribution is 7.99. The van der Waals surface area contributed by atoms with Crippen molar-refractivity contribution in [3.63, 3.8) is 0 Å². The highest BCUT2D eigenvalue weighted by atomic mass is 32.2. The zero-order valence-electron chi connectivity index (χ0n) is 9.84. The summed E-state index contributed by atoms with van der Waals surface area (Å²) in [4.78, 5) is 13.7. The van der Waals surface area contributed by atoms with Crippen LogP contribution in [0.3, 0.4) is 0 Å². The van der Waals surface area contributed by atoms with Crippen molar-refractivity contribution in [3.05, 3.63) is 36.0 Å². The first kappa shape index (κ1) is 11.9. The molecule has 2 N–H and O–H groups in total. The third kappa shape index (κ3) is 2.94. The third-order valence-electron chi connectivity index (χ3n) is 2.25. The van der Waals surface area contributed by atoms with Crippen molar-refractivity contribution in [2.45, 2.75) is 30.2 Å². The van der Waals surface area contributed by atoms with Crippen molar-refractivity contribution >= 4 is 17.4 Å². The van der Waals surface area contributed by atoms with Gasteiger partial charge in [-0.25, -0.2) is 9.97 Å². The number of nitrogens with zero attached hydrogens (tertiary/aromatic N) is 3. The Morgan fingerprint density at radius 3 is 2.88 bits per heavy atom. The average molecular weight is 246 g/mol. The number of anilines is 1. The van der Waals surface area contributed by atoms with Crippen molar-refractivity contribution in [1.29, 1.82) is 0 Å². The zero-order valence-corrected chi connectivity index (χ0v) is 10.7. The lowest BCUT2D eigenvalue weighted by atomic mass is 10.3. The van der Waals surface area contributed by atoms with E-state index in [2.05, 4.69) is 21.9 Å². The van der Waals surface area contributed by atoms with E-state index >= 15 is 0 Å². The molecule has 0 radical (unpaired) electrons. The lowest BCUT2D eigenvalue weighted by molar-refractivity contribution is 0.896. The van der Waals surface area contributed by atoms with E-state index in [1.165, 1.54) is 0 Å². The van der Waals surface area contributed by atoms with Gasteiger partial charge in [0, 0.05) is 16.8 Å². The molecule has 4 nitrogen and oxygen atoms in total. The lowest BCUT2D eigenvalue weighted by Gasteiger charge is -2.06. The van der Waals surface area contributed by atoms with Gasteiger partial charge >= 0.3 is 0 Å². The van der Waals surface area contributed by atoms with Gasteiger partial charge in [-0.05, 0) is 25.5 Å². The summed E-state index contributed by atoms with van der Waals surface area (Å²) in [5, 5.41) is 0.923. The van der Waals surface area contributed by atoms with Crippen LogP contribution in [0, 0.1) is 6.92 Å². The minimum Gasteiger partial charge on any atom is -0.397 e. The summed E-state index contributed by atoms with van der Waals surface area (Å²) in [5.41, 5.74) is 7.57. The molecule has 0 unspecified atom stereocenters. The quantitative estimate of drug-likeness (QED) is 0.843. The van der Waals surface area contributed by atoms with Crippen molar-refractivity contribution in [3.8, 4) is 0 Å². The van der Waals surface area contributed by atoms with Gasteiger partial charge in [-0.15, -0.1) is 0 Å². The molecule has 2 aromatic rings. The summed E-state index contributed by atoms with van der Waals surface area (Å²) in [7, 11) is 0. The molecule has 2 heterocycles. The van der Waals surface area contributed by atoms with E-state index in [4.69, 9.17) is 5.73 Å². The highest BCUT2D eigenvalue weighted by Crippen LogP contribution is 2.30. The average Bonchev–Trinajstić information content (AvgIpc) is 2.31.